The molecule has 1 aromatic heterocycles. The first-order valence-corrected chi connectivity index (χ1v) is 9.27. The predicted molar refractivity (Wildman–Crippen MR) is 104 cm³/mol. The van der Waals surface area contributed by atoms with Gasteiger partial charge < -0.3 is 4.90 Å². The Balaban J connectivity index is 1.48. The van der Waals surface area contributed by atoms with Crippen LogP contribution in [-0.2, 0) is 17.5 Å². The summed E-state index contributed by atoms with van der Waals surface area (Å²) >= 11 is 0. The minimum atomic E-state index is -4.37. The fourth-order valence-corrected chi connectivity index (χ4v) is 3.07. The number of alkyl halides is 3. The molecule has 1 saturated carbocycles. The van der Waals surface area contributed by atoms with Crippen molar-refractivity contribution < 1.29 is 18.0 Å². The van der Waals surface area contributed by atoms with E-state index < -0.39 is 11.7 Å². The van der Waals surface area contributed by atoms with Crippen LogP contribution in [0.25, 0.3) is 17.1 Å². The van der Waals surface area contributed by atoms with Crippen LogP contribution in [0.2, 0.25) is 0 Å². The Bertz CT molecular complexity index is 1060. The van der Waals surface area contributed by atoms with Crippen molar-refractivity contribution in [2.75, 3.05) is 0 Å². The molecule has 0 aliphatic heterocycles. The second-order valence-corrected chi connectivity index (χ2v) is 7.01. The monoisotopic (exact) mass is 397 g/mol. The number of amides is 1. The van der Waals surface area contributed by atoms with E-state index in [1.807, 2.05) is 24.3 Å². The number of hydrogen-bond donors (Lipinski definition) is 0. The van der Waals surface area contributed by atoms with Crippen LogP contribution in [0.5, 0.6) is 0 Å². The Kier molecular flexibility index (Phi) is 5.05. The third kappa shape index (κ3) is 4.62. The zero-order chi connectivity index (χ0) is 20.4. The first-order chi connectivity index (χ1) is 13.9. The van der Waals surface area contributed by atoms with Gasteiger partial charge in [-0.2, -0.15) is 13.2 Å². The van der Waals surface area contributed by atoms with E-state index in [0.717, 1.165) is 36.0 Å². The van der Waals surface area contributed by atoms with Gasteiger partial charge in [0.15, 0.2) is 0 Å². The summed E-state index contributed by atoms with van der Waals surface area (Å²) in [5.41, 5.74) is 2.06. The van der Waals surface area contributed by atoms with Crippen molar-refractivity contribution in [1.82, 2.24) is 14.9 Å². The number of halogens is 3. The molecule has 29 heavy (non-hydrogen) atoms. The Labute approximate surface area is 165 Å². The van der Waals surface area contributed by atoms with E-state index in [9.17, 15) is 18.0 Å². The van der Waals surface area contributed by atoms with Crippen molar-refractivity contribution >= 4 is 23.0 Å². The number of benzene rings is 2. The molecule has 0 radical (unpaired) electrons. The number of nitrogens with zero attached hydrogens (tertiary/aromatic N) is 3. The van der Waals surface area contributed by atoms with Crippen molar-refractivity contribution in [3.05, 3.63) is 77.6 Å². The third-order valence-electron chi connectivity index (χ3n) is 4.77. The molecule has 1 heterocycles. The van der Waals surface area contributed by atoms with Crippen molar-refractivity contribution in [2.45, 2.75) is 31.6 Å². The molecule has 0 spiro atoms. The number of para-hydroxylation sites is 2. The van der Waals surface area contributed by atoms with Crippen LogP contribution < -0.4 is 0 Å². The van der Waals surface area contributed by atoms with Crippen LogP contribution in [0.15, 0.2) is 60.8 Å². The van der Waals surface area contributed by atoms with Gasteiger partial charge in [-0.25, -0.2) is 4.98 Å². The SMILES string of the molecule is O=C(/C=C/c1cnc2ccccc2n1)N(Cc1ccc(C(F)(F)F)cc1)C1CC1. The number of fused-ring (bicyclic) bond motifs is 1. The zero-order valence-corrected chi connectivity index (χ0v) is 15.4. The molecule has 3 aromatic rings. The fourth-order valence-electron chi connectivity index (χ4n) is 3.07. The molecule has 148 valence electrons. The molecule has 1 aliphatic carbocycles. The highest BCUT2D eigenvalue weighted by atomic mass is 19.4. The Hall–Kier alpha value is -3.22. The zero-order valence-electron chi connectivity index (χ0n) is 15.4. The third-order valence-corrected chi connectivity index (χ3v) is 4.77. The van der Waals surface area contributed by atoms with E-state index in [1.54, 1.807) is 17.2 Å². The molecule has 4 nitrogen and oxygen atoms in total. The lowest BCUT2D eigenvalue weighted by Crippen LogP contribution is -2.31. The standard InChI is InChI=1S/C22H18F3N3O/c23-22(24,25)16-7-5-15(6-8-16)14-28(18-10-11-18)21(29)12-9-17-13-26-19-3-1-2-4-20(19)27-17/h1-9,12-13,18H,10-11,14H2/b12-9+. The number of carbonyl (C=O) groups excluding carboxylic acids is 1. The second kappa shape index (κ2) is 7.66. The summed E-state index contributed by atoms with van der Waals surface area (Å²) in [6.07, 6.45) is 2.09. The van der Waals surface area contributed by atoms with Gasteiger partial charge in [0.1, 0.15) is 0 Å². The van der Waals surface area contributed by atoms with Crippen molar-refractivity contribution in [3.8, 4) is 0 Å². The van der Waals surface area contributed by atoms with E-state index in [1.165, 1.54) is 18.2 Å². The molecule has 0 N–H and O–H groups in total. The molecule has 0 saturated heterocycles. The van der Waals surface area contributed by atoms with Gasteiger partial charge in [-0.3, -0.25) is 9.78 Å². The minimum absolute atomic E-state index is 0.122. The average molecular weight is 397 g/mol. The first-order valence-electron chi connectivity index (χ1n) is 9.27. The maximum absolute atomic E-state index is 12.7. The molecule has 0 bridgehead atoms. The molecule has 7 heteroatoms. The molecule has 1 fully saturated rings. The van der Waals surface area contributed by atoms with Gasteiger partial charge in [0.2, 0.25) is 5.91 Å². The average Bonchev–Trinajstić information content (AvgIpc) is 3.55. The smallest absolute Gasteiger partial charge is 0.332 e. The van der Waals surface area contributed by atoms with E-state index in [-0.39, 0.29) is 18.5 Å². The molecule has 2 aromatic carbocycles. The molecule has 0 unspecified atom stereocenters. The molecular formula is C22H18F3N3O. The number of carbonyl (C=O) groups is 1. The highest BCUT2D eigenvalue weighted by Crippen LogP contribution is 2.31. The van der Waals surface area contributed by atoms with Gasteiger partial charge in [-0.1, -0.05) is 24.3 Å². The summed E-state index contributed by atoms with van der Waals surface area (Å²) in [6.45, 7) is 0.273. The highest BCUT2D eigenvalue weighted by Gasteiger charge is 2.32. The normalized spacial score (nSPS) is 14.4. The maximum atomic E-state index is 12.7. The Morgan fingerprint density at radius 2 is 1.76 bits per heavy atom. The topological polar surface area (TPSA) is 46.1 Å². The summed E-state index contributed by atoms with van der Waals surface area (Å²) in [5.74, 6) is -0.192. The summed E-state index contributed by atoms with van der Waals surface area (Å²) in [5, 5.41) is 0. The Morgan fingerprint density at radius 1 is 1.07 bits per heavy atom. The van der Waals surface area contributed by atoms with Crippen LogP contribution in [-0.4, -0.2) is 26.8 Å². The molecule has 0 atom stereocenters. The lowest BCUT2D eigenvalue weighted by atomic mass is 10.1. The van der Waals surface area contributed by atoms with Gasteiger partial charge in [-0.15, -0.1) is 0 Å². The van der Waals surface area contributed by atoms with Crippen LogP contribution >= 0.6 is 0 Å². The van der Waals surface area contributed by atoms with Gasteiger partial charge in [-0.05, 0) is 48.7 Å². The summed E-state index contributed by atoms with van der Waals surface area (Å²) in [4.78, 5) is 23.2. The Morgan fingerprint density at radius 3 is 2.41 bits per heavy atom. The van der Waals surface area contributed by atoms with Crippen LogP contribution in [0.1, 0.15) is 29.7 Å². The van der Waals surface area contributed by atoms with Gasteiger partial charge in [0.25, 0.3) is 0 Å². The van der Waals surface area contributed by atoms with Crippen LogP contribution in [0, 0.1) is 0 Å². The second-order valence-electron chi connectivity index (χ2n) is 7.01. The van der Waals surface area contributed by atoms with Crippen LogP contribution in [0.3, 0.4) is 0 Å². The van der Waals surface area contributed by atoms with Crippen molar-refractivity contribution in [2.24, 2.45) is 0 Å². The van der Waals surface area contributed by atoms with Gasteiger partial charge >= 0.3 is 6.18 Å². The largest absolute Gasteiger partial charge is 0.416 e. The lowest BCUT2D eigenvalue weighted by Gasteiger charge is -2.21. The number of aromatic nitrogens is 2. The molecule has 1 aliphatic rings. The van der Waals surface area contributed by atoms with E-state index >= 15 is 0 Å². The lowest BCUT2D eigenvalue weighted by molar-refractivity contribution is -0.137. The van der Waals surface area contributed by atoms with E-state index in [4.69, 9.17) is 0 Å². The number of rotatable bonds is 5. The predicted octanol–water partition coefficient (Wildman–Crippen LogP) is 4.85. The first kappa shape index (κ1) is 19.1. The summed E-state index contributed by atoms with van der Waals surface area (Å²) < 4.78 is 38.2. The molecule has 4 rings (SSSR count). The highest BCUT2D eigenvalue weighted by molar-refractivity contribution is 5.92. The summed E-state index contributed by atoms with van der Waals surface area (Å²) in [7, 11) is 0. The van der Waals surface area contributed by atoms with Gasteiger partial charge in [0.05, 0.1) is 28.5 Å². The molecular weight excluding hydrogens is 379 g/mol. The van der Waals surface area contributed by atoms with E-state index in [0.29, 0.717) is 11.3 Å². The molecule has 1 amide bonds. The quantitative estimate of drug-likeness (QED) is 0.578. The number of hydrogen-bond acceptors (Lipinski definition) is 3. The summed E-state index contributed by atoms with van der Waals surface area (Å²) in [6, 6.07) is 12.5. The van der Waals surface area contributed by atoms with Crippen LogP contribution in [0.4, 0.5) is 13.2 Å². The minimum Gasteiger partial charge on any atom is -0.332 e. The fraction of sp³-hybridized carbons (Fsp3) is 0.227. The van der Waals surface area contributed by atoms with Crippen molar-refractivity contribution in [3.63, 3.8) is 0 Å². The van der Waals surface area contributed by atoms with E-state index in [2.05, 4.69) is 9.97 Å². The van der Waals surface area contributed by atoms with Gasteiger partial charge in [0, 0.05) is 18.7 Å². The van der Waals surface area contributed by atoms with Crippen molar-refractivity contribution in [1.29, 1.82) is 0 Å². The maximum Gasteiger partial charge on any atom is 0.416 e.